The molecule has 6 nitrogen and oxygen atoms in total. The summed E-state index contributed by atoms with van der Waals surface area (Å²) in [7, 11) is 0. The minimum atomic E-state index is -0.259. The Balaban J connectivity index is 1.99. The van der Waals surface area contributed by atoms with Crippen LogP contribution in [0.5, 0.6) is 0 Å². The number of aromatic nitrogens is 2. The Kier molecular flexibility index (Phi) is 6.29. The number of likely N-dealkylation sites (N-methyl/N-ethyl adjacent to an activating group) is 1. The van der Waals surface area contributed by atoms with Crippen LogP contribution in [0, 0.1) is 0 Å². The molecule has 1 aromatic heterocycles. The first-order chi connectivity index (χ1) is 10.7. The van der Waals surface area contributed by atoms with Crippen LogP contribution in [0.1, 0.15) is 25.5 Å². The third kappa shape index (κ3) is 4.51. The molecule has 0 unspecified atom stereocenters. The number of urea groups is 1. The van der Waals surface area contributed by atoms with Crippen LogP contribution in [-0.4, -0.2) is 40.8 Å². The molecule has 0 aliphatic carbocycles. The van der Waals surface area contributed by atoms with Crippen molar-refractivity contribution in [3.63, 3.8) is 0 Å². The fraction of sp³-hybridized carbons (Fsp3) is 0.400. The van der Waals surface area contributed by atoms with Crippen LogP contribution in [-0.2, 0) is 0 Å². The summed E-state index contributed by atoms with van der Waals surface area (Å²) >= 11 is 1.29. The molecule has 0 fully saturated rings. The zero-order valence-electron chi connectivity index (χ0n) is 12.8. The van der Waals surface area contributed by atoms with Crippen LogP contribution >= 0.6 is 11.3 Å². The van der Waals surface area contributed by atoms with Crippen molar-refractivity contribution >= 4 is 22.5 Å². The van der Waals surface area contributed by atoms with Gasteiger partial charge in [-0.15, -0.1) is 10.2 Å². The van der Waals surface area contributed by atoms with E-state index in [9.17, 15) is 4.79 Å². The highest BCUT2D eigenvalue weighted by atomic mass is 32.1. The average Bonchev–Trinajstić information content (AvgIpc) is 3.05. The molecular formula is C15H21N5OS. The maximum atomic E-state index is 11.9. The summed E-state index contributed by atoms with van der Waals surface area (Å²) in [5, 5.41) is 13.6. The highest BCUT2D eigenvalue weighted by Gasteiger charge is 2.18. The van der Waals surface area contributed by atoms with Crippen LogP contribution in [0.4, 0.5) is 9.93 Å². The lowest BCUT2D eigenvalue weighted by Gasteiger charge is -2.30. The van der Waals surface area contributed by atoms with Gasteiger partial charge >= 0.3 is 6.03 Å². The monoisotopic (exact) mass is 319 g/mol. The van der Waals surface area contributed by atoms with E-state index in [0.717, 1.165) is 13.1 Å². The summed E-state index contributed by atoms with van der Waals surface area (Å²) in [6, 6.07) is 10.1. The molecule has 0 aliphatic heterocycles. The number of anilines is 1. The maximum absolute atomic E-state index is 11.9. The molecule has 1 atom stereocenters. The first kappa shape index (κ1) is 16.4. The number of nitrogens with zero attached hydrogens (tertiary/aromatic N) is 3. The number of carbonyl (C=O) groups is 1. The Bertz CT molecular complexity index is 557. The molecule has 2 aromatic rings. The van der Waals surface area contributed by atoms with Crippen LogP contribution in [0.15, 0.2) is 35.8 Å². The molecular weight excluding hydrogens is 298 g/mol. The fourth-order valence-electron chi connectivity index (χ4n) is 2.36. The fourth-order valence-corrected chi connectivity index (χ4v) is 2.80. The molecule has 1 aromatic carbocycles. The van der Waals surface area contributed by atoms with Crippen LogP contribution in [0.2, 0.25) is 0 Å². The first-order valence-electron chi connectivity index (χ1n) is 7.34. The van der Waals surface area contributed by atoms with E-state index in [0.29, 0.717) is 11.7 Å². The number of hydrogen-bond acceptors (Lipinski definition) is 5. The predicted molar refractivity (Wildman–Crippen MR) is 89.0 cm³/mol. The number of nitrogens with one attached hydrogen (secondary N) is 2. The van der Waals surface area contributed by atoms with E-state index < -0.39 is 0 Å². The second kappa shape index (κ2) is 8.45. The van der Waals surface area contributed by atoms with Gasteiger partial charge in [0.25, 0.3) is 0 Å². The van der Waals surface area contributed by atoms with Gasteiger partial charge in [-0.2, -0.15) is 0 Å². The van der Waals surface area contributed by atoms with Gasteiger partial charge in [0, 0.05) is 6.54 Å². The molecule has 0 saturated carbocycles. The Morgan fingerprint density at radius 1 is 1.27 bits per heavy atom. The lowest BCUT2D eigenvalue weighted by Crippen LogP contribution is -2.39. The van der Waals surface area contributed by atoms with Crippen molar-refractivity contribution in [3.8, 4) is 0 Å². The lowest BCUT2D eigenvalue weighted by atomic mass is 10.1. The van der Waals surface area contributed by atoms with Crippen molar-refractivity contribution in [2.45, 2.75) is 19.9 Å². The van der Waals surface area contributed by atoms with E-state index >= 15 is 0 Å². The molecule has 0 saturated heterocycles. The molecule has 1 heterocycles. The summed E-state index contributed by atoms with van der Waals surface area (Å²) in [5.41, 5.74) is 2.78. The highest BCUT2D eigenvalue weighted by molar-refractivity contribution is 7.13. The van der Waals surface area contributed by atoms with Crippen LogP contribution < -0.4 is 10.6 Å². The number of carbonyl (C=O) groups excluding carboxylic acids is 1. The second-order valence-corrected chi connectivity index (χ2v) is 5.56. The zero-order chi connectivity index (χ0) is 15.8. The molecule has 0 radical (unpaired) electrons. The van der Waals surface area contributed by atoms with Crippen molar-refractivity contribution in [2.24, 2.45) is 0 Å². The van der Waals surface area contributed by atoms with Gasteiger partial charge in [0.15, 0.2) is 0 Å². The number of hydrogen-bond donors (Lipinski definition) is 2. The first-order valence-corrected chi connectivity index (χ1v) is 8.22. The molecule has 7 heteroatoms. The van der Waals surface area contributed by atoms with Crippen molar-refractivity contribution in [1.82, 2.24) is 20.4 Å². The smallest absolute Gasteiger partial charge is 0.321 e. The maximum Gasteiger partial charge on any atom is 0.321 e. The Morgan fingerprint density at radius 2 is 2.00 bits per heavy atom. The molecule has 22 heavy (non-hydrogen) atoms. The van der Waals surface area contributed by atoms with Gasteiger partial charge < -0.3 is 5.32 Å². The van der Waals surface area contributed by atoms with Crippen molar-refractivity contribution < 1.29 is 4.79 Å². The zero-order valence-corrected chi connectivity index (χ0v) is 13.6. The molecule has 2 rings (SSSR count). The van der Waals surface area contributed by atoms with Gasteiger partial charge in [-0.05, 0) is 18.7 Å². The Morgan fingerprint density at radius 3 is 2.59 bits per heavy atom. The van der Waals surface area contributed by atoms with Crippen molar-refractivity contribution in [2.75, 3.05) is 25.0 Å². The van der Waals surface area contributed by atoms with E-state index in [4.69, 9.17) is 0 Å². The largest absolute Gasteiger partial charge is 0.336 e. The topological polar surface area (TPSA) is 70.2 Å². The third-order valence-electron chi connectivity index (χ3n) is 3.47. The summed E-state index contributed by atoms with van der Waals surface area (Å²) in [6.45, 7) is 6.64. The standard InChI is InChI=1S/C15H21N5OS/c1-3-20(4-2)13(12-8-6-5-7-9-12)10-16-14(21)18-15-19-17-11-22-15/h5-9,11,13H,3-4,10H2,1-2H3,(H2,16,18,19,21)/t13-/m0/s1. The Hall–Kier alpha value is -1.99. The second-order valence-electron chi connectivity index (χ2n) is 4.73. The minimum Gasteiger partial charge on any atom is -0.336 e. The van der Waals surface area contributed by atoms with Gasteiger partial charge in [-0.3, -0.25) is 10.2 Å². The molecule has 0 bridgehead atoms. The van der Waals surface area contributed by atoms with E-state index in [-0.39, 0.29) is 12.1 Å². The van der Waals surface area contributed by atoms with Crippen LogP contribution in [0.25, 0.3) is 0 Å². The van der Waals surface area contributed by atoms with E-state index in [1.165, 1.54) is 16.9 Å². The van der Waals surface area contributed by atoms with E-state index in [2.05, 4.69) is 51.7 Å². The van der Waals surface area contributed by atoms with Gasteiger partial charge in [0.1, 0.15) is 5.51 Å². The quantitative estimate of drug-likeness (QED) is 0.823. The highest BCUT2D eigenvalue weighted by Crippen LogP contribution is 2.19. The Labute approximate surface area is 134 Å². The van der Waals surface area contributed by atoms with Crippen molar-refractivity contribution in [1.29, 1.82) is 0 Å². The molecule has 2 N–H and O–H groups in total. The van der Waals surface area contributed by atoms with Gasteiger partial charge in [-0.25, -0.2) is 4.79 Å². The molecule has 118 valence electrons. The normalized spacial score (nSPS) is 12.1. The number of rotatable bonds is 7. The molecule has 0 aliphatic rings. The lowest BCUT2D eigenvalue weighted by molar-refractivity contribution is 0.210. The van der Waals surface area contributed by atoms with Gasteiger partial charge in [0.2, 0.25) is 5.13 Å². The molecule has 2 amide bonds. The van der Waals surface area contributed by atoms with Crippen LogP contribution in [0.3, 0.4) is 0 Å². The summed E-state index contributed by atoms with van der Waals surface area (Å²) in [5.74, 6) is 0. The van der Waals surface area contributed by atoms with Gasteiger partial charge in [-0.1, -0.05) is 55.5 Å². The number of amides is 2. The minimum absolute atomic E-state index is 0.149. The predicted octanol–water partition coefficient (Wildman–Crippen LogP) is 2.74. The van der Waals surface area contributed by atoms with Crippen molar-refractivity contribution in [3.05, 3.63) is 41.4 Å². The van der Waals surface area contributed by atoms with Gasteiger partial charge in [0.05, 0.1) is 6.04 Å². The molecule has 0 spiro atoms. The summed E-state index contributed by atoms with van der Waals surface area (Å²) in [4.78, 5) is 14.3. The van der Waals surface area contributed by atoms with E-state index in [1.54, 1.807) is 5.51 Å². The SMILES string of the molecule is CCN(CC)[C@@H](CNC(=O)Nc1nncs1)c1ccccc1. The number of benzene rings is 1. The summed E-state index contributed by atoms with van der Waals surface area (Å²) < 4.78 is 0. The third-order valence-corrected chi connectivity index (χ3v) is 4.08. The summed E-state index contributed by atoms with van der Waals surface area (Å²) in [6.07, 6.45) is 0. The van der Waals surface area contributed by atoms with E-state index in [1.807, 2.05) is 18.2 Å². The average molecular weight is 319 g/mol.